The molecular formula is C49H104N4O. The molecule has 0 radical (unpaired) electrons. The number of hydrogen-bond acceptors (Lipinski definition) is 5. The van der Waals surface area contributed by atoms with E-state index in [0.29, 0.717) is 6.42 Å². The number of carbonyl (C=O) groups is 1. The lowest BCUT2D eigenvalue weighted by molar-refractivity contribution is -0.112. The second-order valence-corrected chi connectivity index (χ2v) is 8.19. The SMILES string of the molecule is C.C=C1C=CCCC1.C=C1C=NCC1.C=C1CCC=N1.C=C1CCCC=N1.CC.CC.CC.CC.CC.CC.CC.CC.CC.CC.O=C1C=NCCC1. The summed E-state index contributed by atoms with van der Waals surface area (Å²) >= 11 is 0. The summed E-state index contributed by atoms with van der Waals surface area (Å²) in [5.74, 6) is 0.172. The number of carbonyl (C=O) groups excluding carboxylic acids is 1. The Morgan fingerprint density at radius 3 is 1.02 bits per heavy atom. The van der Waals surface area contributed by atoms with Crippen molar-refractivity contribution in [3.8, 4) is 0 Å². The summed E-state index contributed by atoms with van der Waals surface area (Å²) in [6.07, 6.45) is 23.5. The average Bonchev–Trinajstić information content (AvgIpc) is 3.97. The van der Waals surface area contributed by atoms with Crippen LogP contribution in [-0.4, -0.2) is 43.7 Å². The molecule has 0 atom stereocenters. The lowest BCUT2D eigenvalue weighted by Crippen LogP contribution is -2.05. The Hall–Kier alpha value is -2.95. The number of Topliss-reactive ketones (excluding diaryl/α,β-unsaturated/α-hetero) is 1. The van der Waals surface area contributed by atoms with Gasteiger partial charge in [-0.3, -0.25) is 24.8 Å². The second kappa shape index (κ2) is 98.0. The molecule has 5 aliphatic rings. The van der Waals surface area contributed by atoms with Crippen LogP contribution in [0.25, 0.3) is 0 Å². The minimum Gasteiger partial charge on any atom is -0.293 e. The maximum Gasteiger partial charge on any atom is 0.173 e. The summed E-state index contributed by atoms with van der Waals surface area (Å²) in [7, 11) is 0. The molecule has 0 amide bonds. The van der Waals surface area contributed by atoms with Crippen molar-refractivity contribution in [3.05, 3.63) is 61.0 Å². The van der Waals surface area contributed by atoms with Crippen LogP contribution < -0.4 is 0 Å². The lowest BCUT2D eigenvalue weighted by Gasteiger charge is -2.02. The fourth-order valence-corrected chi connectivity index (χ4v) is 2.97. The summed E-state index contributed by atoms with van der Waals surface area (Å²) in [5.41, 5.74) is 4.50. The van der Waals surface area contributed by atoms with E-state index in [2.05, 4.69) is 58.4 Å². The molecule has 326 valence electrons. The summed E-state index contributed by atoms with van der Waals surface area (Å²) in [6.45, 7) is 56.7. The van der Waals surface area contributed by atoms with Gasteiger partial charge in [0.15, 0.2) is 5.78 Å². The van der Waals surface area contributed by atoms with Gasteiger partial charge in [0.1, 0.15) is 0 Å². The Morgan fingerprint density at radius 2 is 0.870 bits per heavy atom. The number of aliphatic imine (C=N–C) groups is 4. The summed E-state index contributed by atoms with van der Waals surface area (Å²) in [6, 6.07) is 0. The predicted octanol–water partition coefficient (Wildman–Crippen LogP) is 17.7. The monoisotopic (exact) mass is 765 g/mol. The smallest absolute Gasteiger partial charge is 0.173 e. The highest BCUT2D eigenvalue weighted by molar-refractivity contribution is 6.27. The van der Waals surface area contributed by atoms with Crippen LogP contribution >= 0.6 is 0 Å². The van der Waals surface area contributed by atoms with Crippen LogP contribution in [0.4, 0.5) is 0 Å². The van der Waals surface area contributed by atoms with Gasteiger partial charge in [0.05, 0.1) is 6.21 Å². The third kappa shape index (κ3) is 92.2. The van der Waals surface area contributed by atoms with E-state index in [4.69, 9.17) is 0 Å². The molecular weight excluding hydrogens is 661 g/mol. The third-order valence-electron chi connectivity index (χ3n) is 4.91. The molecule has 4 aliphatic heterocycles. The minimum atomic E-state index is 0. The van der Waals surface area contributed by atoms with E-state index in [1.807, 2.05) is 157 Å². The molecule has 5 heteroatoms. The standard InChI is InChI=1S/C7H10.C6H9N.C5H7NO.2C5H7N.10C2H6.CH4/c1-7-5-3-2-4-6-7;1-6-4-2-3-5-7-6;7-5-2-1-3-6-4-5;1-5-2-3-6-4-5;1-5-3-2-4-6-5;10*1-2;/h3,5H,1-2,4,6H2;5H,1-4H2;4H,1-3H2;2*4H,1-3H2;10*1-2H3;1H4. The van der Waals surface area contributed by atoms with E-state index >= 15 is 0 Å². The number of hydrogen-bond donors (Lipinski definition) is 0. The molecule has 0 spiro atoms. The third-order valence-corrected chi connectivity index (χ3v) is 4.91. The highest BCUT2D eigenvalue weighted by Gasteiger charge is 2.00. The van der Waals surface area contributed by atoms with Gasteiger partial charge in [0.25, 0.3) is 0 Å². The Kier molecular flexibility index (Phi) is 145. The summed E-state index contributed by atoms with van der Waals surface area (Å²) in [5, 5.41) is 0. The van der Waals surface area contributed by atoms with Crippen molar-refractivity contribution in [3.63, 3.8) is 0 Å². The molecule has 0 saturated heterocycles. The van der Waals surface area contributed by atoms with Crippen LogP contribution in [0.2, 0.25) is 0 Å². The molecule has 5 rings (SSSR count). The van der Waals surface area contributed by atoms with Crippen LogP contribution in [0.3, 0.4) is 0 Å². The highest BCUT2D eigenvalue weighted by atomic mass is 16.1. The van der Waals surface area contributed by atoms with E-state index < -0.39 is 0 Å². The Morgan fingerprint density at radius 1 is 0.444 bits per heavy atom. The quantitative estimate of drug-likeness (QED) is 0.242. The fraction of sp³-hybridized carbons (Fsp3) is 0.694. The molecule has 0 bridgehead atoms. The molecule has 0 aromatic heterocycles. The normalized spacial score (nSPS) is 13.4. The first-order valence-corrected chi connectivity index (χ1v) is 21.9. The van der Waals surface area contributed by atoms with E-state index in [0.717, 1.165) is 68.6 Å². The van der Waals surface area contributed by atoms with Gasteiger partial charge in [0.2, 0.25) is 0 Å². The van der Waals surface area contributed by atoms with Crippen LogP contribution in [0, 0.1) is 0 Å². The van der Waals surface area contributed by atoms with Crippen molar-refractivity contribution in [2.45, 2.75) is 217 Å². The van der Waals surface area contributed by atoms with Gasteiger partial charge < -0.3 is 0 Å². The first-order valence-electron chi connectivity index (χ1n) is 21.9. The molecule has 0 fully saturated rings. The van der Waals surface area contributed by atoms with Crippen molar-refractivity contribution >= 4 is 30.6 Å². The van der Waals surface area contributed by atoms with E-state index in [9.17, 15) is 4.79 Å². The first kappa shape index (κ1) is 79.7. The topological polar surface area (TPSA) is 66.5 Å². The number of allylic oxidation sites excluding steroid dienone is 5. The van der Waals surface area contributed by atoms with Gasteiger partial charge >= 0.3 is 0 Å². The van der Waals surface area contributed by atoms with E-state index in [-0.39, 0.29) is 13.2 Å². The van der Waals surface area contributed by atoms with Gasteiger partial charge in [-0.05, 0) is 69.8 Å². The van der Waals surface area contributed by atoms with Gasteiger partial charge in [0, 0.05) is 49.5 Å². The van der Waals surface area contributed by atoms with Crippen LogP contribution in [-0.2, 0) is 4.79 Å². The summed E-state index contributed by atoms with van der Waals surface area (Å²) in [4.78, 5) is 26.0. The molecule has 0 unspecified atom stereocenters. The second-order valence-electron chi connectivity index (χ2n) is 8.19. The Labute approximate surface area is 345 Å². The largest absolute Gasteiger partial charge is 0.293 e. The predicted molar refractivity (Wildman–Crippen MR) is 265 cm³/mol. The van der Waals surface area contributed by atoms with Gasteiger partial charge in [-0.15, -0.1) is 0 Å². The molecule has 5 nitrogen and oxygen atoms in total. The Bertz CT molecular complexity index is 723. The molecule has 54 heavy (non-hydrogen) atoms. The van der Waals surface area contributed by atoms with Crippen LogP contribution in [0.15, 0.2) is 81.0 Å². The van der Waals surface area contributed by atoms with Gasteiger partial charge in [-0.1, -0.05) is 190 Å². The molecule has 1 aliphatic carbocycles. The van der Waals surface area contributed by atoms with Gasteiger partial charge in [-0.25, -0.2) is 0 Å². The van der Waals surface area contributed by atoms with Crippen molar-refractivity contribution < 1.29 is 4.79 Å². The molecule has 0 aromatic carbocycles. The Balaban J connectivity index is -0.0000000425. The summed E-state index contributed by atoms with van der Waals surface area (Å²) < 4.78 is 0. The zero-order valence-corrected chi connectivity index (χ0v) is 40.2. The van der Waals surface area contributed by atoms with Crippen molar-refractivity contribution in [2.75, 3.05) is 13.1 Å². The first-order chi connectivity index (χ1) is 26.0. The van der Waals surface area contributed by atoms with Crippen LogP contribution in [0.1, 0.15) is 217 Å². The van der Waals surface area contributed by atoms with E-state index in [1.54, 1.807) is 0 Å². The van der Waals surface area contributed by atoms with Crippen molar-refractivity contribution in [1.82, 2.24) is 0 Å². The molecule has 0 aromatic rings. The van der Waals surface area contributed by atoms with Crippen molar-refractivity contribution in [2.24, 2.45) is 20.0 Å². The highest BCUT2D eigenvalue weighted by Crippen LogP contribution is 2.12. The van der Waals surface area contributed by atoms with Crippen molar-refractivity contribution in [1.29, 1.82) is 0 Å². The van der Waals surface area contributed by atoms with Crippen LogP contribution in [0.5, 0.6) is 0 Å². The average molecular weight is 765 g/mol. The van der Waals surface area contributed by atoms with E-state index in [1.165, 1.54) is 37.5 Å². The number of nitrogens with zero attached hydrogens (tertiary/aromatic N) is 4. The molecule has 4 heterocycles. The minimum absolute atomic E-state index is 0. The fourth-order valence-electron chi connectivity index (χ4n) is 2.97. The number of rotatable bonds is 0. The zero-order valence-electron chi connectivity index (χ0n) is 40.2. The molecule has 0 N–H and O–H groups in total. The van der Waals surface area contributed by atoms with Gasteiger partial charge in [-0.2, -0.15) is 0 Å². The zero-order chi connectivity index (χ0) is 44.2. The maximum absolute atomic E-state index is 10.3. The number of ketones is 1. The lowest BCUT2D eigenvalue weighted by atomic mass is 10.0. The molecule has 0 saturated carbocycles. The maximum atomic E-state index is 10.3.